The number of carbonyl (C=O) groups is 4. The first-order chi connectivity index (χ1) is 21.3. The van der Waals surface area contributed by atoms with E-state index in [2.05, 4.69) is 30.7 Å². The van der Waals surface area contributed by atoms with Crippen molar-refractivity contribution >= 4 is 23.3 Å². The van der Waals surface area contributed by atoms with Crippen molar-refractivity contribution in [2.45, 2.75) is 105 Å². The molecule has 0 unspecified atom stereocenters. The predicted octanol–water partition coefficient (Wildman–Crippen LogP) is 6.44. The highest BCUT2D eigenvalue weighted by molar-refractivity contribution is 5.98. The average Bonchev–Trinajstić information content (AvgIpc) is 3.51. The van der Waals surface area contributed by atoms with Crippen molar-refractivity contribution in [1.82, 2.24) is 0 Å². The molecule has 5 rings (SSSR count). The van der Waals surface area contributed by atoms with Gasteiger partial charge in [0.05, 0.1) is 49.8 Å². The summed E-state index contributed by atoms with van der Waals surface area (Å²) in [7, 11) is 1.55. The Morgan fingerprint density at radius 2 is 1.37 bits per heavy atom. The molecule has 46 heavy (non-hydrogen) atoms. The van der Waals surface area contributed by atoms with Gasteiger partial charge in [-0.1, -0.05) is 31.6 Å². The molecule has 250 valence electrons. The van der Waals surface area contributed by atoms with E-state index in [9.17, 15) is 14.4 Å². The second-order valence-corrected chi connectivity index (χ2v) is 12.3. The maximum absolute atomic E-state index is 11.6. The fourth-order valence-corrected chi connectivity index (χ4v) is 6.37. The summed E-state index contributed by atoms with van der Waals surface area (Å²) < 4.78 is 4.51. The molecule has 10 nitrogen and oxygen atoms in total. The Bertz CT molecular complexity index is 1270. The van der Waals surface area contributed by atoms with E-state index >= 15 is 0 Å². The van der Waals surface area contributed by atoms with E-state index in [4.69, 9.17) is 25.7 Å². The smallest absolute Gasteiger partial charge is 0.300 e. The second-order valence-electron chi connectivity index (χ2n) is 12.3. The Morgan fingerprint density at radius 3 is 1.70 bits per heavy atom. The van der Waals surface area contributed by atoms with Crippen LogP contribution in [-0.2, 0) is 23.9 Å². The summed E-state index contributed by atoms with van der Waals surface area (Å²) in [5.74, 6) is 0.0743. The number of nitrogens with zero attached hydrogens (tertiary/aromatic N) is 3. The molecule has 0 heterocycles. The van der Waals surface area contributed by atoms with Crippen LogP contribution in [0.4, 0.5) is 0 Å². The van der Waals surface area contributed by atoms with Crippen molar-refractivity contribution in [3.05, 3.63) is 47.3 Å². The predicted molar refractivity (Wildman–Crippen MR) is 173 cm³/mol. The van der Waals surface area contributed by atoms with Gasteiger partial charge in [0.2, 0.25) is 0 Å². The van der Waals surface area contributed by atoms with Gasteiger partial charge in [0, 0.05) is 37.0 Å². The zero-order chi connectivity index (χ0) is 34.0. The average molecular weight is 636 g/mol. The zero-order valence-corrected chi connectivity index (χ0v) is 27.9. The first-order valence-corrected chi connectivity index (χ1v) is 15.5. The third-order valence-corrected chi connectivity index (χ3v) is 8.84. The van der Waals surface area contributed by atoms with Crippen LogP contribution in [0, 0.1) is 56.7 Å². The van der Waals surface area contributed by atoms with Crippen LogP contribution in [0.1, 0.15) is 105 Å². The minimum Gasteiger partial charge on any atom is -0.505 e. The molecule has 0 radical (unpaired) electrons. The number of hydrogen-bond acceptors (Lipinski definition) is 8. The highest BCUT2D eigenvalue weighted by atomic mass is 16.5. The van der Waals surface area contributed by atoms with Crippen molar-refractivity contribution in [1.29, 1.82) is 15.8 Å². The number of ether oxygens (including phenoxy) is 1. The molecular weight excluding hydrogens is 586 g/mol. The lowest BCUT2D eigenvalue weighted by Gasteiger charge is -2.34. The summed E-state index contributed by atoms with van der Waals surface area (Å²) in [6, 6.07) is 6.58. The Labute approximate surface area is 273 Å². The molecule has 0 aliphatic heterocycles. The molecule has 0 amide bonds. The lowest BCUT2D eigenvalue weighted by Crippen LogP contribution is -2.31. The lowest BCUT2D eigenvalue weighted by molar-refractivity contribution is -0.134. The Kier molecular flexibility index (Phi) is 18.7. The minimum atomic E-state index is -0.833. The maximum atomic E-state index is 11.6. The van der Waals surface area contributed by atoms with Crippen molar-refractivity contribution in [3.8, 4) is 18.2 Å². The topological polar surface area (TPSA) is 201 Å². The number of aliphatic carboxylic acids is 1. The molecule has 10 heteroatoms. The van der Waals surface area contributed by atoms with Crippen LogP contribution < -0.4 is 0 Å². The van der Waals surface area contributed by atoms with Gasteiger partial charge in [0.25, 0.3) is 5.97 Å². The zero-order valence-electron chi connectivity index (χ0n) is 27.9. The summed E-state index contributed by atoms with van der Waals surface area (Å²) >= 11 is 0. The number of Topliss-reactive ketones (excluding diaryl/α,β-unsaturated/α-hetero) is 2. The highest BCUT2D eigenvalue weighted by Crippen LogP contribution is 2.51. The standard InChI is InChI=1S/2C11H13NO.C7H10O.C5H7NO.C2H4O2.H2O/c2*1-11-6-2-3-10(13)9(11)5-4-8(11)7-12;1-6-3-2-4-7(8)5-6;1-7-5-3-2-4-6;1-2(3)4;/h2*5,8H,2-4,6H2,1H3;5H,2-4H2,1H3;3,5H,2H2,1H3;1H3,(H,3,4);1H2/t8-,11+;8-,11-;;;;/m01..../s1. The molecule has 5 aliphatic rings. The number of hydrogen-bond donors (Lipinski definition) is 1. The van der Waals surface area contributed by atoms with E-state index in [1.165, 1.54) is 11.8 Å². The van der Waals surface area contributed by atoms with Crippen molar-refractivity contribution in [3.63, 3.8) is 0 Å². The van der Waals surface area contributed by atoms with Crippen molar-refractivity contribution in [2.24, 2.45) is 22.7 Å². The minimum absolute atomic E-state index is 0. The number of nitriles is 3. The maximum Gasteiger partial charge on any atom is 0.300 e. The molecule has 0 aromatic rings. The number of methoxy groups -OCH3 is 1. The molecule has 0 saturated heterocycles. The van der Waals surface area contributed by atoms with Gasteiger partial charge in [-0.25, -0.2) is 0 Å². The molecule has 2 saturated carbocycles. The largest absolute Gasteiger partial charge is 0.505 e. The van der Waals surface area contributed by atoms with Gasteiger partial charge in [-0.3, -0.25) is 19.2 Å². The molecule has 5 aliphatic carbocycles. The number of carboxylic acid groups (broad SMARTS) is 1. The third-order valence-electron chi connectivity index (χ3n) is 8.84. The summed E-state index contributed by atoms with van der Waals surface area (Å²) in [6.45, 7) is 7.23. The molecule has 0 aromatic carbocycles. The number of allylic oxidation sites excluding steroid dienone is 7. The number of fused-ring (bicyclic) bond motifs is 2. The Morgan fingerprint density at radius 1 is 0.913 bits per heavy atom. The van der Waals surface area contributed by atoms with Gasteiger partial charge in [-0.05, 0) is 81.6 Å². The summed E-state index contributed by atoms with van der Waals surface area (Å²) in [6.07, 6.45) is 19.0. The monoisotopic (exact) mass is 635 g/mol. The van der Waals surface area contributed by atoms with Gasteiger partial charge < -0.3 is 15.3 Å². The quantitative estimate of drug-likeness (QED) is 0.331. The van der Waals surface area contributed by atoms with Crippen molar-refractivity contribution in [2.75, 3.05) is 7.11 Å². The molecule has 4 atom stereocenters. The van der Waals surface area contributed by atoms with E-state index in [1.807, 2.05) is 25.1 Å². The highest BCUT2D eigenvalue weighted by Gasteiger charge is 2.46. The molecule has 2 fully saturated rings. The van der Waals surface area contributed by atoms with Crippen LogP contribution in [-0.4, -0.2) is 41.0 Å². The number of carbonyl (C=O) groups excluding carboxylic acids is 3. The molecule has 3 N–H and O–H groups in total. The molecule has 0 bridgehead atoms. The number of rotatable bonds is 2. The van der Waals surface area contributed by atoms with Crippen LogP contribution in [0.2, 0.25) is 0 Å². The molecular formula is C36H49N3O7. The van der Waals surface area contributed by atoms with Gasteiger partial charge in [-0.15, -0.1) is 0 Å². The van der Waals surface area contributed by atoms with E-state index < -0.39 is 5.97 Å². The second kappa shape index (κ2) is 20.7. The van der Waals surface area contributed by atoms with E-state index in [-0.39, 0.29) is 39.7 Å². The van der Waals surface area contributed by atoms with Gasteiger partial charge in [0.15, 0.2) is 17.3 Å². The third kappa shape index (κ3) is 12.2. The lowest BCUT2D eigenvalue weighted by atomic mass is 9.67. The normalized spacial score (nSPS) is 26.9. The summed E-state index contributed by atoms with van der Waals surface area (Å²) in [4.78, 5) is 42.7. The van der Waals surface area contributed by atoms with Crippen LogP contribution in [0.3, 0.4) is 0 Å². The van der Waals surface area contributed by atoms with E-state index in [0.717, 1.165) is 75.9 Å². The van der Waals surface area contributed by atoms with Gasteiger partial charge in [-0.2, -0.15) is 15.8 Å². The Balaban J connectivity index is 0.000000578. The first kappa shape index (κ1) is 41.7. The molecule has 0 aromatic heterocycles. The van der Waals surface area contributed by atoms with E-state index in [1.54, 1.807) is 19.3 Å². The first-order valence-electron chi connectivity index (χ1n) is 15.5. The van der Waals surface area contributed by atoms with Gasteiger partial charge >= 0.3 is 0 Å². The van der Waals surface area contributed by atoms with Crippen LogP contribution >= 0.6 is 0 Å². The fraction of sp³-hybridized carbons (Fsp3) is 0.583. The number of carboxylic acids is 1. The Hall–Kier alpha value is -4.33. The fourth-order valence-electron chi connectivity index (χ4n) is 6.37. The van der Waals surface area contributed by atoms with Crippen LogP contribution in [0.15, 0.2) is 47.3 Å². The summed E-state index contributed by atoms with van der Waals surface area (Å²) in [5.41, 5.74) is 2.87. The van der Waals surface area contributed by atoms with E-state index in [0.29, 0.717) is 25.0 Å². The molecule has 0 spiro atoms. The number of ketones is 3. The van der Waals surface area contributed by atoms with Gasteiger partial charge in [0.1, 0.15) is 0 Å². The van der Waals surface area contributed by atoms with Crippen LogP contribution in [0.5, 0.6) is 0 Å². The SMILES string of the molecule is CC(=O)O.CC1=CC(=O)CCC1.COC=CCC#N.C[C@]12CCCC(=O)C1=CC[C@@H]2C#N.C[C@]12CCCC(=O)C1=CC[C@H]2C#N.O. The van der Waals surface area contributed by atoms with Crippen molar-refractivity contribution < 1.29 is 34.5 Å². The summed E-state index contributed by atoms with van der Waals surface area (Å²) in [5, 5.41) is 33.3. The van der Waals surface area contributed by atoms with Crippen LogP contribution in [0.25, 0.3) is 0 Å².